The second-order valence-corrected chi connectivity index (χ2v) is 7.10. The minimum atomic E-state index is -3.00. The molecule has 0 saturated carbocycles. The van der Waals surface area contributed by atoms with Gasteiger partial charge in [-0.1, -0.05) is 17.7 Å². The zero-order valence-electron chi connectivity index (χ0n) is 16.6. The van der Waals surface area contributed by atoms with Crippen molar-refractivity contribution < 1.29 is 23.0 Å². The van der Waals surface area contributed by atoms with Crippen LogP contribution < -0.4 is 14.8 Å². The summed E-state index contributed by atoms with van der Waals surface area (Å²) in [5.41, 5.74) is 2.74. The monoisotopic (exact) mass is 435 g/mol. The Balaban J connectivity index is 1.67. The molecule has 9 heteroatoms. The number of halogens is 3. The van der Waals surface area contributed by atoms with Gasteiger partial charge >= 0.3 is 6.61 Å². The van der Waals surface area contributed by atoms with Crippen LogP contribution in [0.5, 0.6) is 11.5 Å². The van der Waals surface area contributed by atoms with Crippen LogP contribution in [0.1, 0.15) is 27.2 Å². The molecule has 0 aliphatic carbocycles. The number of amides is 1. The molecule has 0 atom stereocenters. The average Bonchev–Trinajstić information content (AvgIpc) is 3.15. The third kappa shape index (κ3) is 5.27. The number of aryl methyl sites for hydroxylation is 3. The summed E-state index contributed by atoms with van der Waals surface area (Å²) in [7, 11) is 0. The van der Waals surface area contributed by atoms with Crippen LogP contribution in [0.25, 0.3) is 0 Å². The first-order chi connectivity index (χ1) is 14.2. The van der Waals surface area contributed by atoms with Crippen molar-refractivity contribution in [3.63, 3.8) is 0 Å². The average molecular weight is 436 g/mol. The number of hydrogen-bond donors (Lipinski definition) is 1. The molecule has 0 unspecified atom stereocenters. The molecule has 1 aromatic heterocycles. The van der Waals surface area contributed by atoms with Crippen LogP contribution in [0.2, 0.25) is 5.02 Å². The van der Waals surface area contributed by atoms with Crippen LogP contribution in [0.4, 0.5) is 14.5 Å². The van der Waals surface area contributed by atoms with Crippen LogP contribution in [0, 0.1) is 20.8 Å². The largest absolute Gasteiger partial charge is 0.471 e. The van der Waals surface area contributed by atoms with Gasteiger partial charge in [-0.2, -0.15) is 13.9 Å². The molecule has 1 amide bonds. The number of nitrogens with one attached hydrogen (secondary N) is 1. The molecule has 1 N–H and O–H groups in total. The summed E-state index contributed by atoms with van der Waals surface area (Å²) < 4.78 is 36.9. The SMILES string of the molecule is Cc1ccc(NC(=O)c2ccn(COc3cc(C)c(Cl)c(C)c3)n2)c(OC(F)F)c1. The molecule has 0 aliphatic heterocycles. The predicted octanol–water partition coefficient (Wildman–Crippen LogP) is 5.35. The lowest BCUT2D eigenvalue weighted by Crippen LogP contribution is -2.15. The number of carbonyl (C=O) groups is 1. The van der Waals surface area contributed by atoms with Crippen LogP contribution in [0.3, 0.4) is 0 Å². The van der Waals surface area contributed by atoms with E-state index in [2.05, 4.69) is 15.2 Å². The highest BCUT2D eigenvalue weighted by Crippen LogP contribution is 2.28. The lowest BCUT2D eigenvalue weighted by Gasteiger charge is -2.12. The number of hydrogen-bond acceptors (Lipinski definition) is 4. The van der Waals surface area contributed by atoms with E-state index in [1.54, 1.807) is 19.2 Å². The van der Waals surface area contributed by atoms with Crippen LogP contribution >= 0.6 is 11.6 Å². The third-order valence-corrected chi connectivity index (χ3v) is 4.84. The van der Waals surface area contributed by atoms with Gasteiger partial charge < -0.3 is 14.8 Å². The van der Waals surface area contributed by atoms with Crippen molar-refractivity contribution in [2.75, 3.05) is 5.32 Å². The Kier molecular flexibility index (Phi) is 6.56. The Morgan fingerprint density at radius 1 is 1.17 bits per heavy atom. The van der Waals surface area contributed by atoms with Crippen LogP contribution in [0.15, 0.2) is 42.6 Å². The quantitative estimate of drug-likeness (QED) is 0.543. The highest BCUT2D eigenvalue weighted by Gasteiger charge is 2.15. The van der Waals surface area contributed by atoms with Gasteiger partial charge in [0.15, 0.2) is 12.4 Å². The fraction of sp³-hybridized carbons (Fsp3) is 0.238. The summed E-state index contributed by atoms with van der Waals surface area (Å²) in [6.07, 6.45) is 1.58. The fourth-order valence-electron chi connectivity index (χ4n) is 2.80. The van der Waals surface area contributed by atoms with E-state index < -0.39 is 12.5 Å². The van der Waals surface area contributed by atoms with Gasteiger partial charge in [0.1, 0.15) is 11.5 Å². The number of nitrogens with zero attached hydrogens (tertiary/aromatic N) is 2. The van der Waals surface area contributed by atoms with Gasteiger partial charge in [-0.3, -0.25) is 4.79 Å². The smallest absolute Gasteiger partial charge is 0.387 e. The molecule has 30 heavy (non-hydrogen) atoms. The third-order valence-electron chi connectivity index (χ3n) is 4.25. The van der Waals surface area contributed by atoms with E-state index in [4.69, 9.17) is 16.3 Å². The van der Waals surface area contributed by atoms with Gasteiger partial charge in [0.05, 0.1) is 5.69 Å². The van der Waals surface area contributed by atoms with Gasteiger partial charge in [0.25, 0.3) is 5.91 Å². The molecule has 3 aromatic rings. The number of rotatable bonds is 7. The number of aromatic nitrogens is 2. The van der Waals surface area contributed by atoms with E-state index in [1.807, 2.05) is 26.0 Å². The molecule has 0 radical (unpaired) electrons. The standard InChI is InChI=1S/C21H20ClF2N3O3/c1-12-4-5-16(18(8-12)30-21(23)24)25-20(28)17-6-7-27(26-17)11-29-15-9-13(2)19(22)14(3)10-15/h4-10,21H,11H2,1-3H3,(H,25,28). The molecule has 6 nitrogen and oxygen atoms in total. The molecule has 158 valence electrons. The minimum Gasteiger partial charge on any atom is -0.471 e. The van der Waals surface area contributed by atoms with Crippen molar-refractivity contribution in [1.82, 2.24) is 9.78 Å². The number of alkyl halides is 2. The molecule has 0 spiro atoms. The maximum atomic E-state index is 12.6. The molecule has 0 saturated heterocycles. The highest BCUT2D eigenvalue weighted by atomic mass is 35.5. The molecule has 3 rings (SSSR count). The Morgan fingerprint density at radius 2 is 1.87 bits per heavy atom. The Morgan fingerprint density at radius 3 is 2.53 bits per heavy atom. The Hall–Kier alpha value is -3.13. The summed E-state index contributed by atoms with van der Waals surface area (Å²) >= 11 is 6.15. The zero-order chi connectivity index (χ0) is 21.8. The number of anilines is 1. The van der Waals surface area contributed by atoms with E-state index in [0.717, 1.165) is 16.7 Å². The summed E-state index contributed by atoms with van der Waals surface area (Å²) in [4.78, 5) is 12.5. The lowest BCUT2D eigenvalue weighted by molar-refractivity contribution is -0.0494. The first kappa shape index (κ1) is 21.6. The molecular formula is C21H20ClF2N3O3. The number of ether oxygens (including phenoxy) is 2. The van der Waals surface area contributed by atoms with Gasteiger partial charge in [-0.05, 0) is 67.8 Å². The van der Waals surface area contributed by atoms with Gasteiger partial charge in [0.2, 0.25) is 0 Å². The van der Waals surface area contributed by atoms with E-state index in [1.165, 1.54) is 22.9 Å². The molecular weight excluding hydrogens is 416 g/mol. The predicted molar refractivity (Wildman–Crippen MR) is 110 cm³/mol. The lowest BCUT2D eigenvalue weighted by atomic mass is 10.1. The maximum absolute atomic E-state index is 12.6. The second-order valence-electron chi connectivity index (χ2n) is 6.72. The van der Waals surface area contributed by atoms with Crippen molar-refractivity contribution in [2.45, 2.75) is 34.1 Å². The number of benzene rings is 2. The summed E-state index contributed by atoms with van der Waals surface area (Å²) in [6.45, 7) is 2.58. The second kappa shape index (κ2) is 9.13. The van der Waals surface area contributed by atoms with Gasteiger partial charge in [0, 0.05) is 11.2 Å². The minimum absolute atomic E-state index is 0.0814. The molecule has 0 fully saturated rings. The Bertz CT molecular complexity index is 1050. The molecule has 0 aliphatic rings. The van der Waals surface area contributed by atoms with E-state index >= 15 is 0 Å². The molecule has 0 bridgehead atoms. The maximum Gasteiger partial charge on any atom is 0.387 e. The highest BCUT2D eigenvalue weighted by molar-refractivity contribution is 6.32. The molecule has 1 heterocycles. The Labute approximate surface area is 177 Å². The normalized spacial score (nSPS) is 10.9. The summed E-state index contributed by atoms with van der Waals surface area (Å²) in [5, 5.41) is 7.38. The van der Waals surface area contributed by atoms with Crippen LogP contribution in [-0.4, -0.2) is 22.3 Å². The van der Waals surface area contributed by atoms with Crippen LogP contribution in [-0.2, 0) is 6.73 Å². The van der Waals surface area contributed by atoms with E-state index in [-0.39, 0.29) is 23.9 Å². The fourth-order valence-corrected chi connectivity index (χ4v) is 2.91. The van der Waals surface area contributed by atoms with Crippen molar-refractivity contribution >= 4 is 23.2 Å². The number of carbonyl (C=O) groups excluding carboxylic acids is 1. The van der Waals surface area contributed by atoms with Gasteiger partial charge in [-0.15, -0.1) is 0 Å². The van der Waals surface area contributed by atoms with Crippen molar-refractivity contribution in [3.8, 4) is 11.5 Å². The van der Waals surface area contributed by atoms with Crippen molar-refractivity contribution in [2.24, 2.45) is 0 Å². The summed E-state index contributed by atoms with van der Waals surface area (Å²) in [5.74, 6) is -0.0474. The van der Waals surface area contributed by atoms with E-state index in [0.29, 0.717) is 10.8 Å². The van der Waals surface area contributed by atoms with E-state index in [9.17, 15) is 13.6 Å². The molecule has 2 aromatic carbocycles. The first-order valence-electron chi connectivity index (χ1n) is 9.02. The van der Waals surface area contributed by atoms with Crippen molar-refractivity contribution in [1.29, 1.82) is 0 Å². The first-order valence-corrected chi connectivity index (χ1v) is 9.40. The topological polar surface area (TPSA) is 65.4 Å². The summed E-state index contributed by atoms with van der Waals surface area (Å²) in [6, 6.07) is 9.72. The van der Waals surface area contributed by atoms with Gasteiger partial charge in [-0.25, -0.2) is 4.68 Å². The van der Waals surface area contributed by atoms with Crippen molar-refractivity contribution in [3.05, 3.63) is 70.0 Å². The zero-order valence-corrected chi connectivity index (χ0v) is 17.3.